The zero-order valence-corrected chi connectivity index (χ0v) is 14.7. The van der Waals surface area contributed by atoms with Gasteiger partial charge in [0.2, 0.25) is 0 Å². The first kappa shape index (κ1) is 17.4. The second kappa shape index (κ2) is 7.28. The SMILES string of the molecule is O=C(COc1ccc(F)cc1Cl)N1N=C(c2ccco2)CC1c1ccco1. The topological polar surface area (TPSA) is 68.2 Å². The average molecular weight is 389 g/mol. The monoisotopic (exact) mass is 388 g/mol. The minimum absolute atomic E-state index is 0.0894. The summed E-state index contributed by atoms with van der Waals surface area (Å²) in [5, 5.41) is 5.79. The van der Waals surface area contributed by atoms with Crippen molar-refractivity contribution >= 4 is 23.2 Å². The molecule has 1 unspecified atom stereocenters. The molecule has 0 spiro atoms. The van der Waals surface area contributed by atoms with Crippen molar-refractivity contribution in [3.8, 4) is 5.75 Å². The van der Waals surface area contributed by atoms with Crippen LogP contribution in [0.15, 0.2) is 68.9 Å². The molecule has 138 valence electrons. The molecule has 1 aromatic carbocycles. The number of hydrazone groups is 1. The molecule has 2 aromatic heterocycles. The summed E-state index contributed by atoms with van der Waals surface area (Å²) in [4.78, 5) is 12.7. The number of furan rings is 2. The molecule has 0 radical (unpaired) electrons. The van der Waals surface area contributed by atoms with Crippen LogP contribution in [0.4, 0.5) is 4.39 Å². The van der Waals surface area contributed by atoms with E-state index in [2.05, 4.69) is 5.10 Å². The molecule has 6 nitrogen and oxygen atoms in total. The van der Waals surface area contributed by atoms with Gasteiger partial charge in [0.15, 0.2) is 6.61 Å². The zero-order chi connectivity index (χ0) is 18.8. The number of rotatable bonds is 5. The van der Waals surface area contributed by atoms with Crippen molar-refractivity contribution in [3.63, 3.8) is 0 Å². The van der Waals surface area contributed by atoms with E-state index in [1.54, 1.807) is 30.5 Å². The highest BCUT2D eigenvalue weighted by Gasteiger charge is 2.35. The number of carbonyl (C=O) groups excluding carboxylic acids is 1. The van der Waals surface area contributed by atoms with Crippen LogP contribution >= 0.6 is 11.6 Å². The van der Waals surface area contributed by atoms with Gasteiger partial charge in [-0.2, -0.15) is 5.10 Å². The maximum Gasteiger partial charge on any atom is 0.281 e. The summed E-state index contributed by atoms with van der Waals surface area (Å²) in [7, 11) is 0. The van der Waals surface area contributed by atoms with Crippen LogP contribution in [0.1, 0.15) is 24.0 Å². The number of hydrogen-bond donors (Lipinski definition) is 0. The van der Waals surface area contributed by atoms with Crippen LogP contribution in [0.2, 0.25) is 5.02 Å². The maximum absolute atomic E-state index is 13.1. The molecule has 3 aromatic rings. The standard InChI is InChI=1S/C19H14ClFN2O4/c20-13-9-12(21)5-6-16(13)27-11-19(24)23-15(18-4-2-8-26-18)10-14(22-23)17-3-1-7-25-17/h1-9,15H,10-11H2. The van der Waals surface area contributed by atoms with Gasteiger partial charge in [-0.05, 0) is 42.5 Å². The third kappa shape index (κ3) is 3.59. The Morgan fingerprint density at radius 2 is 2.07 bits per heavy atom. The molecule has 0 N–H and O–H groups in total. The number of benzene rings is 1. The van der Waals surface area contributed by atoms with E-state index in [9.17, 15) is 9.18 Å². The zero-order valence-electron chi connectivity index (χ0n) is 14.0. The van der Waals surface area contributed by atoms with Gasteiger partial charge in [0.1, 0.15) is 34.8 Å². The van der Waals surface area contributed by atoms with E-state index in [1.165, 1.54) is 23.4 Å². The largest absolute Gasteiger partial charge is 0.482 e. The number of hydrogen-bond acceptors (Lipinski definition) is 5. The Hall–Kier alpha value is -3.06. The molecule has 1 aliphatic rings. The molecule has 8 heteroatoms. The summed E-state index contributed by atoms with van der Waals surface area (Å²) in [5.41, 5.74) is 0.634. The molecular formula is C19H14ClFN2O4. The van der Waals surface area contributed by atoms with Gasteiger partial charge in [-0.15, -0.1) is 0 Å². The highest BCUT2D eigenvalue weighted by molar-refractivity contribution is 6.32. The van der Waals surface area contributed by atoms with Gasteiger partial charge in [0.25, 0.3) is 5.91 Å². The second-order valence-electron chi connectivity index (χ2n) is 5.86. The third-order valence-electron chi connectivity index (χ3n) is 4.09. The van der Waals surface area contributed by atoms with Gasteiger partial charge in [0.05, 0.1) is 17.5 Å². The third-order valence-corrected chi connectivity index (χ3v) is 4.38. The van der Waals surface area contributed by atoms with Crippen molar-refractivity contribution in [1.29, 1.82) is 0 Å². The maximum atomic E-state index is 13.1. The summed E-state index contributed by atoms with van der Waals surface area (Å²) >= 11 is 5.93. The summed E-state index contributed by atoms with van der Waals surface area (Å²) < 4.78 is 29.4. The Labute approximate surface area is 158 Å². The summed E-state index contributed by atoms with van der Waals surface area (Å²) in [5.74, 6) is 0.537. The van der Waals surface area contributed by atoms with Gasteiger partial charge in [-0.25, -0.2) is 9.40 Å². The highest BCUT2D eigenvalue weighted by Crippen LogP contribution is 2.33. The molecule has 0 bridgehead atoms. The molecule has 1 atom stereocenters. The van der Waals surface area contributed by atoms with Crippen molar-refractivity contribution < 1.29 is 22.8 Å². The Morgan fingerprint density at radius 1 is 1.26 bits per heavy atom. The Balaban J connectivity index is 1.53. The minimum atomic E-state index is -0.483. The summed E-state index contributed by atoms with van der Waals surface area (Å²) in [6, 6.07) is 10.4. The second-order valence-corrected chi connectivity index (χ2v) is 6.27. The lowest BCUT2D eigenvalue weighted by Gasteiger charge is -2.20. The average Bonchev–Trinajstić information content (AvgIpc) is 3.40. The Morgan fingerprint density at radius 3 is 2.78 bits per heavy atom. The summed E-state index contributed by atoms with van der Waals surface area (Å²) in [6.07, 6.45) is 3.53. The van der Waals surface area contributed by atoms with Crippen molar-refractivity contribution in [2.75, 3.05) is 6.61 Å². The quantitative estimate of drug-likeness (QED) is 0.648. The number of nitrogens with zero attached hydrogens (tertiary/aromatic N) is 2. The molecule has 0 saturated heterocycles. The van der Waals surface area contributed by atoms with Crippen LogP contribution in [0.3, 0.4) is 0 Å². The van der Waals surface area contributed by atoms with Gasteiger partial charge in [-0.3, -0.25) is 4.79 Å². The van der Waals surface area contributed by atoms with Gasteiger partial charge in [-0.1, -0.05) is 11.6 Å². The van der Waals surface area contributed by atoms with Crippen molar-refractivity contribution in [1.82, 2.24) is 5.01 Å². The van der Waals surface area contributed by atoms with E-state index < -0.39 is 17.8 Å². The molecule has 1 aliphatic heterocycles. The van der Waals surface area contributed by atoms with E-state index in [0.29, 0.717) is 23.7 Å². The first-order valence-electron chi connectivity index (χ1n) is 8.16. The number of ether oxygens (including phenoxy) is 1. The van der Waals surface area contributed by atoms with Gasteiger partial charge >= 0.3 is 0 Å². The molecule has 1 amide bonds. The molecular weight excluding hydrogens is 375 g/mol. The number of carbonyl (C=O) groups is 1. The fourth-order valence-corrected chi connectivity index (χ4v) is 3.05. The predicted octanol–water partition coefficient (Wildman–Crippen LogP) is 4.42. The smallest absolute Gasteiger partial charge is 0.281 e. The normalized spacial score (nSPS) is 16.4. The van der Waals surface area contributed by atoms with Gasteiger partial charge in [0, 0.05) is 6.42 Å². The van der Waals surface area contributed by atoms with E-state index in [1.807, 2.05) is 0 Å². The molecule has 0 aliphatic carbocycles. The molecule has 0 fully saturated rings. The fraction of sp³-hybridized carbons (Fsp3) is 0.158. The van der Waals surface area contributed by atoms with Crippen LogP contribution in [-0.2, 0) is 4.79 Å². The van der Waals surface area contributed by atoms with Crippen molar-refractivity contribution in [2.24, 2.45) is 5.10 Å². The van der Waals surface area contributed by atoms with Crippen molar-refractivity contribution in [3.05, 3.63) is 77.4 Å². The van der Waals surface area contributed by atoms with E-state index >= 15 is 0 Å². The minimum Gasteiger partial charge on any atom is -0.482 e. The Kier molecular flexibility index (Phi) is 4.68. The lowest BCUT2D eigenvalue weighted by Crippen LogP contribution is -2.31. The lowest BCUT2D eigenvalue weighted by atomic mass is 10.1. The molecule has 3 heterocycles. The number of amides is 1. The van der Waals surface area contributed by atoms with Crippen LogP contribution in [-0.4, -0.2) is 23.2 Å². The predicted molar refractivity (Wildman–Crippen MR) is 95.1 cm³/mol. The van der Waals surface area contributed by atoms with Crippen molar-refractivity contribution in [2.45, 2.75) is 12.5 Å². The van der Waals surface area contributed by atoms with E-state index in [0.717, 1.165) is 6.07 Å². The van der Waals surface area contributed by atoms with E-state index in [-0.39, 0.29) is 17.4 Å². The van der Waals surface area contributed by atoms with E-state index in [4.69, 9.17) is 25.2 Å². The fourth-order valence-electron chi connectivity index (χ4n) is 2.83. The molecule has 4 rings (SSSR count). The molecule has 27 heavy (non-hydrogen) atoms. The number of halogens is 2. The lowest BCUT2D eigenvalue weighted by molar-refractivity contribution is -0.135. The van der Waals surface area contributed by atoms with Crippen LogP contribution in [0.5, 0.6) is 5.75 Å². The first-order chi connectivity index (χ1) is 13.1. The summed E-state index contributed by atoms with van der Waals surface area (Å²) in [6.45, 7) is -0.308. The van der Waals surface area contributed by atoms with Crippen LogP contribution in [0.25, 0.3) is 0 Å². The Bertz CT molecular complexity index is 970. The first-order valence-corrected chi connectivity index (χ1v) is 8.54. The highest BCUT2D eigenvalue weighted by atomic mass is 35.5. The van der Waals surface area contributed by atoms with Crippen LogP contribution < -0.4 is 4.74 Å². The molecule has 0 saturated carbocycles. The van der Waals surface area contributed by atoms with Gasteiger partial charge < -0.3 is 13.6 Å². The van der Waals surface area contributed by atoms with Crippen LogP contribution in [0, 0.1) is 5.82 Å².